The van der Waals surface area contributed by atoms with Crippen LogP contribution in [0.4, 0.5) is 0 Å². The lowest BCUT2D eigenvalue weighted by atomic mass is 10.00. The normalized spacial score (nSPS) is 11.6. The van der Waals surface area contributed by atoms with E-state index in [1.165, 1.54) is 0 Å². The summed E-state index contributed by atoms with van der Waals surface area (Å²) >= 11 is 0. The number of amides is 1. The van der Waals surface area contributed by atoms with Gasteiger partial charge in [0.15, 0.2) is 0 Å². The number of aryl methyl sites for hydroxylation is 1. The average molecular weight is 268 g/mol. The summed E-state index contributed by atoms with van der Waals surface area (Å²) in [7, 11) is 0. The van der Waals surface area contributed by atoms with Crippen LogP contribution < -0.4 is 5.32 Å². The SMILES string of the molecule is N#CC(C(=O)NCCCn1ccnc1)c1ccccc1. The van der Waals surface area contributed by atoms with Crippen molar-refractivity contribution < 1.29 is 4.79 Å². The van der Waals surface area contributed by atoms with Gasteiger partial charge >= 0.3 is 0 Å². The quantitative estimate of drug-likeness (QED) is 0.810. The minimum atomic E-state index is -0.746. The number of rotatable bonds is 6. The fourth-order valence-electron chi connectivity index (χ4n) is 1.92. The second-order valence-corrected chi connectivity index (χ2v) is 4.42. The lowest BCUT2D eigenvalue weighted by molar-refractivity contribution is -0.121. The van der Waals surface area contributed by atoms with E-state index in [1.807, 2.05) is 35.0 Å². The highest BCUT2D eigenvalue weighted by molar-refractivity contribution is 5.86. The molecule has 0 radical (unpaired) electrons. The Bertz CT molecular complexity index is 572. The van der Waals surface area contributed by atoms with Crippen molar-refractivity contribution in [1.82, 2.24) is 14.9 Å². The van der Waals surface area contributed by atoms with Gasteiger partial charge < -0.3 is 9.88 Å². The second kappa shape index (κ2) is 7.10. The van der Waals surface area contributed by atoms with Crippen LogP contribution in [-0.2, 0) is 11.3 Å². The maximum atomic E-state index is 12.0. The first-order valence-corrected chi connectivity index (χ1v) is 6.49. The van der Waals surface area contributed by atoms with Gasteiger partial charge in [0.25, 0.3) is 0 Å². The van der Waals surface area contributed by atoms with Gasteiger partial charge in [-0.05, 0) is 12.0 Å². The predicted octanol–water partition coefficient (Wildman–Crippen LogP) is 1.70. The number of hydrogen-bond donors (Lipinski definition) is 1. The molecule has 102 valence electrons. The van der Waals surface area contributed by atoms with Crippen LogP contribution in [0.15, 0.2) is 49.1 Å². The summed E-state index contributed by atoms with van der Waals surface area (Å²) in [5, 5.41) is 11.9. The Labute approximate surface area is 117 Å². The topological polar surface area (TPSA) is 70.7 Å². The molecule has 1 aromatic heterocycles. The fraction of sp³-hybridized carbons (Fsp3) is 0.267. The lowest BCUT2D eigenvalue weighted by Gasteiger charge is -2.10. The average Bonchev–Trinajstić information content (AvgIpc) is 2.99. The number of hydrogen-bond acceptors (Lipinski definition) is 3. The van der Waals surface area contributed by atoms with E-state index in [2.05, 4.69) is 10.3 Å². The predicted molar refractivity (Wildman–Crippen MR) is 74.6 cm³/mol. The largest absolute Gasteiger partial charge is 0.355 e. The van der Waals surface area contributed by atoms with Crippen LogP contribution in [0.25, 0.3) is 0 Å². The summed E-state index contributed by atoms with van der Waals surface area (Å²) in [6, 6.07) is 11.1. The molecule has 1 amide bonds. The summed E-state index contributed by atoms with van der Waals surface area (Å²) in [6.45, 7) is 1.34. The van der Waals surface area contributed by atoms with Gasteiger partial charge in [-0.2, -0.15) is 5.26 Å². The molecule has 2 aromatic rings. The molecule has 0 bridgehead atoms. The van der Waals surface area contributed by atoms with Crippen molar-refractivity contribution in [3.8, 4) is 6.07 Å². The van der Waals surface area contributed by atoms with Gasteiger partial charge in [0.2, 0.25) is 5.91 Å². The molecule has 0 fully saturated rings. The van der Waals surface area contributed by atoms with Crippen LogP contribution in [-0.4, -0.2) is 22.0 Å². The van der Waals surface area contributed by atoms with Crippen LogP contribution in [0.5, 0.6) is 0 Å². The zero-order valence-corrected chi connectivity index (χ0v) is 11.1. The third kappa shape index (κ3) is 3.69. The Morgan fingerprint density at radius 1 is 1.40 bits per heavy atom. The first-order chi connectivity index (χ1) is 9.81. The number of benzene rings is 1. The van der Waals surface area contributed by atoms with E-state index in [1.54, 1.807) is 24.7 Å². The van der Waals surface area contributed by atoms with E-state index < -0.39 is 5.92 Å². The zero-order valence-electron chi connectivity index (χ0n) is 11.1. The van der Waals surface area contributed by atoms with E-state index in [4.69, 9.17) is 5.26 Å². The van der Waals surface area contributed by atoms with E-state index in [9.17, 15) is 4.79 Å². The van der Waals surface area contributed by atoms with Gasteiger partial charge in [0.05, 0.1) is 12.4 Å². The number of nitrogens with one attached hydrogen (secondary N) is 1. The molecule has 1 heterocycles. The summed E-state index contributed by atoms with van der Waals surface area (Å²) in [6.07, 6.45) is 6.14. The summed E-state index contributed by atoms with van der Waals surface area (Å²) in [4.78, 5) is 15.9. The van der Waals surface area contributed by atoms with Crippen molar-refractivity contribution in [1.29, 1.82) is 5.26 Å². The van der Waals surface area contributed by atoms with E-state index in [0.717, 1.165) is 18.5 Å². The van der Waals surface area contributed by atoms with E-state index in [0.29, 0.717) is 6.54 Å². The molecule has 0 saturated carbocycles. The van der Waals surface area contributed by atoms with Crippen molar-refractivity contribution in [2.75, 3.05) is 6.54 Å². The number of imidazole rings is 1. The number of nitrogens with zero attached hydrogens (tertiary/aromatic N) is 3. The fourth-order valence-corrected chi connectivity index (χ4v) is 1.92. The Hall–Kier alpha value is -2.61. The highest BCUT2D eigenvalue weighted by atomic mass is 16.1. The maximum Gasteiger partial charge on any atom is 0.241 e. The van der Waals surface area contributed by atoms with Gasteiger partial charge in [-0.1, -0.05) is 30.3 Å². The zero-order chi connectivity index (χ0) is 14.2. The molecule has 1 atom stereocenters. The summed E-state index contributed by atoms with van der Waals surface area (Å²) < 4.78 is 1.95. The molecular formula is C15H16N4O. The summed E-state index contributed by atoms with van der Waals surface area (Å²) in [5.41, 5.74) is 0.724. The number of nitriles is 1. The van der Waals surface area contributed by atoms with Crippen LogP contribution in [0.3, 0.4) is 0 Å². The van der Waals surface area contributed by atoms with Crippen molar-refractivity contribution in [3.05, 3.63) is 54.6 Å². The van der Waals surface area contributed by atoms with E-state index in [-0.39, 0.29) is 5.91 Å². The molecule has 2 rings (SSSR count). The minimum absolute atomic E-state index is 0.246. The Balaban J connectivity index is 1.80. The highest BCUT2D eigenvalue weighted by Crippen LogP contribution is 2.14. The molecule has 5 nitrogen and oxygen atoms in total. The van der Waals surface area contributed by atoms with Crippen LogP contribution in [0, 0.1) is 11.3 Å². The van der Waals surface area contributed by atoms with Gasteiger partial charge in [-0.3, -0.25) is 4.79 Å². The molecule has 0 aliphatic rings. The Morgan fingerprint density at radius 3 is 2.85 bits per heavy atom. The second-order valence-electron chi connectivity index (χ2n) is 4.42. The number of carbonyl (C=O) groups excluding carboxylic acids is 1. The Morgan fingerprint density at radius 2 is 2.20 bits per heavy atom. The van der Waals surface area contributed by atoms with Gasteiger partial charge in [0, 0.05) is 25.5 Å². The van der Waals surface area contributed by atoms with Crippen LogP contribution in [0.1, 0.15) is 17.9 Å². The maximum absolute atomic E-state index is 12.0. The van der Waals surface area contributed by atoms with Crippen molar-refractivity contribution in [3.63, 3.8) is 0 Å². The molecule has 0 aliphatic carbocycles. The summed E-state index contributed by atoms with van der Waals surface area (Å²) in [5.74, 6) is -0.992. The molecule has 5 heteroatoms. The first kappa shape index (κ1) is 13.8. The molecule has 0 aliphatic heterocycles. The standard InChI is InChI=1S/C15H16N4O/c16-11-14(13-5-2-1-3-6-13)15(20)18-7-4-9-19-10-8-17-12-19/h1-3,5-6,8,10,12,14H,4,7,9H2,(H,18,20). The van der Waals surface area contributed by atoms with Crippen LogP contribution in [0.2, 0.25) is 0 Å². The minimum Gasteiger partial charge on any atom is -0.355 e. The molecule has 1 aromatic carbocycles. The molecule has 20 heavy (non-hydrogen) atoms. The molecule has 0 saturated heterocycles. The lowest BCUT2D eigenvalue weighted by Crippen LogP contribution is -2.30. The first-order valence-electron chi connectivity index (χ1n) is 6.49. The van der Waals surface area contributed by atoms with Crippen molar-refractivity contribution in [2.45, 2.75) is 18.9 Å². The third-order valence-corrected chi connectivity index (χ3v) is 2.98. The van der Waals surface area contributed by atoms with E-state index >= 15 is 0 Å². The van der Waals surface area contributed by atoms with Gasteiger partial charge in [-0.25, -0.2) is 4.98 Å². The molecule has 0 spiro atoms. The molecule has 1 unspecified atom stereocenters. The monoisotopic (exact) mass is 268 g/mol. The number of carbonyl (C=O) groups is 1. The third-order valence-electron chi connectivity index (χ3n) is 2.98. The van der Waals surface area contributed by atoms with Crippen LogP contribution >= 0.6 is 0 Å². The molecule has 1 N–H and O–H groups in total. The van der Waals surface area contributed by atoms with Crippen molar-refractivity contribution >= 4 is 5.91 Å². The number of aromatic nitrogens is 2. The smallest absolute Gasteiger partial charge is 0.241 e. The Kier molecular flexibility index (Phi) is 4.90. The van der Waals surface area contributed by atoms with Gasteiger partial charge in [0.1, 0.15) is 5.92 Å². The van der Waals surface area contributed by atoms with Gasteiger partial charge in [-0.15, -0.1) is 0 Å². The highest BCUT2D eigenvalue weighted by Gasteiger charge is 2.18. The van der Waals surface area contributed by atoms with Crippen molar-refractivity contribution in [2.24, 2.45) is 0 Å². The molecular weight excluding hydrogens is 252 g/mol.